The Bertz CT molecular complexity index is 942. The Balaban J connectivity index is 1.53. The van der Waals surface area contributed by atoms with Crippen molar-refractivity contribution < 1.29 is 22.7 Å². The van der Waals surface area contributed by atoms with Gasteiger partial charge in [-0.2, -0.15) is 0 Å². The molecule has 2 amide bonds. The van der Waals surface area contributed by atoms with Crippen LogP contribution in [0.1, 0.15) is 47.0 Å². The number of carbonyl (C=O) groups excluding carboxylic acids is 2. The summed E-state index contributed by atoms with van der Waals surface area (Å²) in [5.74, 6) is -0.0954. The van der Waals surface area contributed by atoms with Crippen LogP contribution in [-0.2, 0) is 21.0 Å². The third kappa shape index (κ3) is 3.34. The number of amides is 2. The fourth-order valence-corrected chi connectivity index (χ4v) is 6.76. The average molecular weight is 425 g/mol. The molecule has 9 heteroatoms. The van der Waals surface area contributed by atoms with Crippen molar-refractivity contribution in [3.05, 3.63) is 22.1 Å². The van der Waals surface area contributed by atoms with Crippen molar-refractivity contribution in [1.82, 2.24) is 9.80 Å². The van der Waals surface area contributed by atoms with Gasteiger partial charge < -0.3 is 9.64 Å². The first kappa shape index (κ1) is 19.4. The van der Waals surface area contributed by atoms with E-state index >= 15 is 0 Å². The number of ether oxygens (including phenoxy) is 1. The third-order valence-corrected chi connectivity index (χ3v) is 8.75. The summed E-state index contributed by atoms with van der Waals surface area (Å²) >= 11 is 1.10. The van der Waals surface area contributed by atoms with E-state index in [4.69, 9.17) is 4.74 Å². The SMILES string of the molecule is CC1COC(=O)N1C1CCN(C(=O)c2sc(S(C)(=O)=O)c3c2CCC=C3)CC1. The number of likely N-dealkylation sites (tertiary alicyclic amines) is 1. The summed E-state index contributed by atoms with van der Waals surface area (Å²) in [6, 6.07) is 0.147. The summed E-state index contributed by atoms with van der Waals surface area (Å²) in [6.07, 6.45) is 7.62. The molecule has 0 N–H and O–H groups in total. The van der Waals surface area contributed by atoms with Crippen LogP contribution in [-0.4, -0.2) is 68.3 Å². The maximum atomic E-state index is 13.2. The van der Waals surface area contributed by atoms with Gasteiger partial charge in [-0.3, -0.25) is 9.69 Å². The molecule has 4 rings (SSSR count). The first-order chi connectivity index (χ1) is 13.3. The Kier molecular flexibility index (Phi) is 4.99. The van der Waals surface area contributed by atoms with Crippen LogP contribution in [0.4, 0.5) is 4.79 Å². The second-order valence-corrected chi connectivity index (χ2v) is 10.9. The van der Waals surface area contributed by atoms with E-state index in [0.717, 1.165) is 23.3 Å². The van der Waals surface area contributed by atoms with Crippen molar-refractivity contribution in [3.8, 4) is 0 Å². The first-order valence-corrected chi connectivity index (χ1v) is 12.2. The lowest BCUT2D eigenvalue weighted by molar-refractivity contribution is 0.0645. The molecule has 3 aliphatic rings. The van der Waals surface area contributed by atoms with Crippen LogP contribution in [0.2, 0.25) is 0 Å². The van der Waals surface area contributed by atoms with Crippen LogP contribution in [0.3, 0.4) is 0 Å². The standard InChI is InChI=1S/C19H24N2O5S2/c1-12-11-26-19(23)21(12)13-7-9-20(10-8-13)17(22)16-14-5-3-4-6-15(14)18(27-16)28(2,24)25/h4,6,12-13H,3,5,7-11H2,1-2H3. The number of hydrogen-bond acceptors (Lipinski definition) is 6. The fraction of sp³-hybridized carbons (Fsp3) is 0.579. The number of nitrogens with zero attached hydrogens (tertiary/aromatic N) is 2. The molecule has 1 aromatic rings. The fourth-order valence-electron chi connectivity index (χ4n) is 4.27. The topological polar surface area (TPSA) is 84.0 Å². The molecule has 0 aromatic carbocycles. The molecule has 3 heterocycles. The van der Waals surface area contributed by atoms with Crippen LogP contribution >= 0.6 is 11.3 Å². The van der Waals surface area contributed by atoms with Crippen molar-refractivity contribution in [2.24, 2.45) is 0 Å². The normalized spacial score (nSPS) is 23.1. The van der Waals surface area contributed by atoms with Gasteiger partial charge in [0.05, 0.1) is 10.9 Å². The molecule has 0 radical (unpaired) electrons. The summed E-state index contributed by atoms with van der Waals surface area (Å²) in [5.41, 5.74) is 1.54. The zero-order valence-electron chi connectivity index (χ0n) is 16.0. The van der Waals surface area contributed by atoms with E-state index in [-0.39, 0.29) is 28.3 Å². The van der Waals surface area contributed by atoms with Crippen LogP contribution in [0.25, 0.3) is 6.08 Å². The quantitative estimate of drug-likeness (QED) is 0.745. The zero-order chi connectivity index (χ0) is 20.1. The number of rotatable bonds is 3. The van der Waals surface area contributed by atoms with Gasteiger partial charge in [0.2, 0.25) is 0 Å². The maximum absolute atomic E-state index is 13.2. The molecule has 2 aliphatic heterocycles. The van der Waals surface area contributed by atoms with Gasteiger partial charge in [-0.25, -0.2) is 13.2 Å². The van der Waals surface area contributed by atoms with Crippen molar-refractivity contribution in [2.45, 2.75) is 48.9 Å². The van der Waals surface area contributed by atoms with Gasteiger partial charge in [-0.15, -0.1) is 11.3 Å². The number of allylic oxidation sites excluding steroid dienone is 1. The molecule has 1 aromatic heterocycles. The Hall–Kier alpha value is -1.87. The van der Waals surface area contributed by atoms with E-state index in [1.807, 2.05) is 19.1 Å². The summed E-state index contributed by atoms with van der Waals surface area (Å²) in [6.45, 7) is 3.50. The molecule has 152 valence electrons. The van der Waals surface area contributed by atoms with Crippen molar-refractivity contribution in [3.63, 3.8) is 0 Å². The summed E-state index contributed by atoms with van der Waals surface area (Å²) in [7, 11) is -3.38. The van der Waals surface area contributed by atoms with Gasteiger partial charge >= 0.3 is 6.09 Å². The Morgan fingerprint density at radius 3 is 2.61 bits per heavy atom. The molecule has 2 fully saturated rings. The van der Waals surface area contributed by atoms with Crippen molar-refractivity contribution >= 4 is 39.3 Å². The van der Waals surface area contributed by atoms with Crippen LogP contribution in [0, 0.1) is 0 Å². The van der Waals surface area contributed by atoms with Gasteiger partial charge in [0.15, 0.2) is 9.84 Å². The van der Waals surface area contributed by atoms with Crippen LogP contribution < -0.4 is 0 Å². The molecule has 1 unspecified atom stereocenters. The summed E-state index contributed by atoms with van der Waals surface area (Å²) in [4.78, 5) is 29.3. The lowest BCUT2D eigenvalue weighted by Crippen LogP contribution is -2.49. The predicted octanol–water partition coefficient (Wildman–Crippen LogP) is 2.56. The largest absolute Gasteiger partial charge is 0.447 e. The molecule has 1 aliphatic carbocycles. The van der Waals surface area contributed by atoms with Crippen molar-refractivity contribution in [2.75, 3.05) is 26.0 Å². The molecular formula is C19H24N2O5S2. The predicted molar refractivity (Wildman–Crippen MR) is 106 cm³/mol. The molecule has 28 heavy (non-hydrogen) atoms. The van der Waals surface area contributed by atoms with E-state index in [1.54, 1.807) is 9.80 Å². The van der Waals surface area contributed by atoms with Crippen LogP contribution in [0.15, 0.2) is 10.3 Å². The zero-order valence-corrected chi connectivity index (χ0v) is 17.6. The highest BCUT2D eigenvalue weighted by atomic mass is 32.2. The molecule has 7 nitrogen and oxygen atoms in total. The minimum Gasteiger partial charge on any atom is -0.447 e. The third-order valence-electron chi connectivity index (χ3n) is 5.67. The second-order valence-electron chi connectivity index (χ2n) is 7.68. The molecule has 2 saturated heterocycles. The Labute approximate surface area is 168 Å². The highest BCUT2D eigenvalue weighted by Crippen LogP contribution is 2.38. The van der Waals surface area contributed by atoms with Gasteiger partial charge in [0, 0.05) is 31.0 Å². The number of piperidine rings is 1. The lowest BCUT2D eigenvalue weighted by atomic mass is 9.98. The molecular weight excluding hydrogens is 400 g/mol. The number of cyclic esters (lactones) is 1. The lowest BCUT2D eigenvalue weighted by Gasteiger charge is -2.37. The highest BCUT2D eigenvalue weighted by Gasteiger charge is 2.38. The van der Waals surface area contributed by atoms with E-state index in [9.17, 15) is 18.0 Å². The first-order valence-electron chi connectivity index (χ1n) is 9.54. The van der Waals surface area contributed by atoms with Gasteiger partial charge in [-0.1, -0.05) is 12.2 Å². The monoisotopic (exact) mass is 424 g/mol. The number of thiophene rings is 1. The maximum Gasteiger partial charge on any atom is 0.410 e. The summed E-state index contributed by atoms with van der Waals surface area (Å²) < 4.78 is 29.7. The van der Waals surface area contributed by atoms with Gasteiger partial charge in [0.25, 0.3) is 5.91 Å². The Morgan fingerprint density at radius 2 is 2.00 bits per heavy atom. The highest BCUT2D eigenvalue weighted by molar-refractivity contribution is 7.92. The van der Waals surface area contributed by atoms with E-state index in [1.165, 1.54) is 6.26 Å². The second kappa shape index (κ2) is 7.18. The van der Waals surface area contributed by atoms with Crippen molar-refractivity contribution in [1.29, 1.82) is 0 Å². The number of hydrogen-bond donors (Lipinski definition) is 0. The van der Waals surface area contributed by atoms with E-state index in [2.05, 4.69) is 0 Å². The minimum atomic E-state index is -3.38. The van der Waals surface area contributed by atoms with E-state index < -0.39 is 9.84 Å². The number of fused-ring (bicyclic) bond motifs is 1. The van der Waals surface area contributed by atoms with Gasteiger partial charge in [0.1, 0.15) is 10.8 Å². The van der Waals surface area contributed by atoms with Gasteiger partial charge in [-0.05, 0) is 38.2 Å². The number of carbonyl (C=O) groups is 2. The molecule has 0 bridgehead atoms. The molecule has 0 saturated carbocycles. The summed E-state index contributed by atoms with van der Waals surface area (Å²) in [5, 5.41) is 0. The number of sulfone groups is 1. The van der Waals surface area contributed by atoms with Crippen LogP contribution in [0.5, 0.6) is 0 Å². The molecule has 0 spiro atoms. The molecule has 1 atom stereocenters. The minimum absolute atomic E-state index is 0.0631. The average Bonchev–Trinajstić information content (AvgIpc) is 3.21. The van der Waals surface area contributed by atoms with E-state index in [0.29, 0.717) is 49.4 Å². The Morgan fingerprint density at radius 1 is 1.29 bits per heavy atom. The smallest absolute Gasteiger partial charge is 0.410 e.